The third kappa shape index (κ3) is 5.34. The minimum absolute atomic E-state index is 0.0490. The predicted octanol–water partition coefficient (Wildman–Crippen LogP) is 5.28. The molecule has 0 amide bonds. The molecule has 0 spiro atoms. The molecule has 34 heavy (non-hydrogen) atoms. The molecule has 1 saturated carbocycles. The fourth-order valence-corrected chi connectivity index (χ4v) is 11.4. The van der Waals surface area contributed by atoms with Gasteiger partial charge in [-0.25, -0.2) is 0 Å². The molecule has 1 N–H and O–H groups in total. The van der Waals surface area contributed by atoms with Crippen LogP contribution >= 0.6 is 0 Å². The highest BCUT2D eigenvalue weighted by Crippen LogP contribution is 2.46. The van der Waals surface area contributed by atoms with E-state index in [2.05, 4.69) is 122 Å². The molecule has 186 valence electrons. The molecule has 5 heteroatoms. The summed E-state index contributed by atoms with van der Waals surface area (Å²) in [6.07, 6.45) is -0.225. The van der Waals surface area contributed by atoms with Crippen LogP contribution in [0.1, 0.15) is 48.0 Å². The Morgan fingerprint density at radius 2 is 1.38 bits per heavy atom. The van der Waals surface area contributed by atoms with Crippen LogP contribution in [0, 0.1) is 11.3 Å². The normalized spacial score (nSPS) is 22.9. The molecule has 0 radical (unpaired) electrons. The van der Waals surface area contributed by atoms with Crippen molar-refractivity contribution in [1.82, 2.24) is 0 Å². The summed E-state index contributed by atoms with van der Waals surface area (Å²) in [5.41, 5.74) is 0.764. The fraction of sp³-hybridized carbons (Fsp3) is 0.517. The van der Waals surface area contributed by atoms with Crippen LogP contribution in [0.5, 0.6) is 0 Å². The van der Waals surface area contributed by atoms with Gasteiger partial charge in [-0.05, 0) is 39.5 Å². The second-order valence-electron chi connectivity index (χ2n) is 12.1. The Balaban J connectivity index is 2.19. The Morgan fingerprint density at radius 1 is 0.912 bits per heavy atom. The van der Waals surface area contributed by atoms with Crippen molar-refractivity contribution in [3.63, 3.8) is 0 Å². The topological polar surface area (TPSA) is 38.7 Å². The summed E-state index contributed by atoms with van der Waals surface area (Å²) < 4.78 is 14.2. The molecule has 3 rings (SSSR count). The lowest BCUT2D eigenvalue weighted by atomic mass is 9.78. The summed E-state index contributed by atoms with van der Waals surface area (Å²) in [5.74, 6) is -0.0495. The lowest BCUT2D eigenvalue weighted by Crippen LogP contribution is -2.68. The SMILES string of the molecule is C=C1[C@H](O)C[C@H](O[Si](c2ccccc2)(c2ccccc2)C(C)(C)C)[C@@H]1C(O[SiH](C)C)C(C)(C)C. The predicted molar refractivity (Wildman–Crippen MR) is 149 cm³/mol. The largest absolute Gasteiger partial charge is 0.416 e. The maximum Gasteiger partial charge on any atom is 0.261 e. The van der Waals surface area contributed by atoms with Crippen LogP contribution in [0.3, 0.4) is 0 Å². The van der Waals surface area contributed by atoms with Crippen molar-refractivity contribution in [2.75, 3.05) is 0 Å². The van der Waals surface area contributed by atoms with Gasteiger partial charge in [-0.15, -0.1) is 0 Å². The molecule has 0 aliphatic heterocycles. The first-order chi connectivity index (χ1) is 15.8. The van der Waals surface area contributed by atoms with E-state index in [1.54, 1.807) is 0 Å². The minimum Gasteiger partial charge on any atom is -0.416 e. The molecule has 1 unspecified atom stereocenters. The van der Waals surface area contributed by atoms with E-state index in [4.69, 9.17) is 8.85 Å². The van der Waals surface area contributed by atoms with E-state index in [1.165, 1.54) is 10.4 Å². The second kappa shape index (κ2) is 10.2. The van der Waals surface area contributed by atoms with Crippen molar-refractivity contribution >= 4 is 27.7 Å². The quantitative estimate of drug-likeness (QED) is 0.418. The van der Waals surface area contributed by atoms with Crippen molar-refractivity contribution in [2.45, 2.75) is 84.4 Å². The first-order valence-electron chi connectivity index (χ1n) is 12.6. The molecule has 1 aliphatic carbocycles. The van der Waals surface area contributed by atoms with Gasteiger partial charge in [0, 0.05) is 12.3 Å². The monoisotopic (exact) mass is 496 g/mol. The van der Waals surface area contributed by atoms with Crippen molar-refractivity contribution in [3.05, 3.63) is 72.8 Å². The molecule has 4 atom stereocenters. The van der Waals surface area contributed by atoms with Gasteiger partial charge < -0.3 is 14.0 Å². The highest BCUT2D eigenvalue weighted by molar-refractivity contribution is 6.99. The summed E-state index contributed by atoms with van der Waals surface area (Å²) in [5, 5.41) is 13.4. The average Bonchev–Trinajstić information content (AvgIpc) is 3.02. The summed E-state index contributed by atoms with van der Waals surface area (Å²) in [7, 11) is -4.09. The summed E-state index contributed by atoms with van der Waals surface area (Å²) in [6.45, 7) is 22.4. The van der Waals surface area contributed by atoms with Crippen molar-refractivity contribution < 1.29 is 14.0 Å². The number of benzene rings is 2. The molecule has 0 heterocycles. The van der Waals surface area contributed by atoms with E-state index in [1.807, 2.05) is 0 Å². The fourth-order valence-electron chi connectivity index (χ4n) is 5.53. The molecule has 1 aliphatic rings. The van der Waals surface area contributed by atoms with Crippen LogP contribution in [0.25, 0.3) is 0 Å². The third-order valence-electron chi connectivity index (χ3n) is 7.06. The summed E-state index contributed by atoms with van der Waals surface area (Å²) in [6, 6.07) is 21.5. The first-order valence-corrected chi connectivity index (χ1v) is 17.3. The number of aliphatic hydroxyl groups is 1. The second-order valence-corrected chi connectivity index (χ2v) is 18.8. The highest BCUT2D eigenvalue weighted by atomic mass is 28.4. The van der Waals surface area contributed by atoms with E-state index in [-0.39, 0.29) is 28.6 Å². The molecule has 2 aromatic rings. The molecule has 1 fully saturated rings. The molecule has 2 aromatic carbocycles. The summed E-state index contributed by atoms with van der Waals surface area (Å²) in [4.78, 5) is 0. The van der Waals surface area contributed by atoms with Gasteiger partial charge >= 0.3 is 0 Å². The van der Waals surface area contributed by atoms with Crippen LogP contribution in [-0.4, -0.2) is 40.8 Å². The Kier molecular flexibility index (Phi) is 8.15. The van der Waals surface area contributed by atoms with E-state index in [0.717, 1.165) is 5.57 Å². The standard InChI is InChI=1S/C29H44O3Si2/c1-21-24(30)20-25(26(21)27(28(2,3)4)31-33(8)9)32-34(29(5,6)7,22-16-12-10-13-17-22)23-18-14-11-15-19-23/h10-19,24-27,30,33H,1,20H2,2-9H3/t24-,25+,26-,27?/m1/s1. The highest BCUT2D eigenvalue weighted by Gasteiger charge is 2.55. The Labute approximate surface area is 210 Å². The van der Waals surface area contributed by atoms with E-state index in [9.17, 15) is 5.11 Å². The third-order valence-corrected chi connectivity index (χ3v) is 13.0. The lowest BCUT2D eigenvalue weighted by Gasteiger charge is -2.47. The van der Waals surface area contributed by atoms with E-state index < -0.39 is 23.5 Å². The number of hydrogen-bond acceptors (Lipinski definition) is 3. The molecule has 0 saturated heterocycles. The molecule has 0 aromatic heterocycles. The van der Waals surface area contributed by atoms with Crippen LogP contribution in [0.15, 0.2) is 72.8 Å². The van der Waals surface area contributed by atoms with Gasteiger partial charge in [0.1, 0.15) is 0 Å². The zero-order chi connectivity index (χ0) is 25.3. The first kappa shape index (κ1) is 27.1. The minimum atomic E-state index is -2.76. The maximum atomic E-state index is 11.0. The van der Waals surface area contributed by atoms with Crippen LogP contribution in [0.4, 0.5) is 0 Å². The van der Waals surface area contributed by atoms with Crippen LogP contribution in [0.2, 0.25) is 18.1 Å². The maximum absolute atomic E-state index is 11.0. The van der Waals surface area contributed by atoms with Crippen LogP contribution in [-0.2, 0) is 8.85 Å². The van der Waals surface area contributed by atoms with Crippen LogP contribution < -0.4 is 10.4 Å². The summed E-state index contributed by atoms with van der Waals surface area (Å²) >= 11 is 0. The average molecular weight is 497 g/mol. The number of hydrogen-bond donors (Lipinski definition) is 1. The zero-order valence-electron chi connectivity index (χ0n) is 22.3. The van der Waals surface area contributed by atoms with Gasteiger partial charge in [0.15, 0.2) is 9.04 Å². The number of aliphatic hydroxyl groups excluding tert-OH is 1. The molecular weight excluding hydrogens is 452 g/mol. The van der Waals surface area contributed by atoms with Crippen molar-refractivity contribution in [1.29, 1.82) is 0 Å². The van der Waals surface area contributed by atoms with Gasteiger partial charge in [0.25, 0.3) is 8.32 Å². The van der Waals surface area contributed by atoms with Gasteiger partial charge in [-0.2, -0.15) is 0 Å². The van der Waals surface area contributed by atoms with Gasteiger partial charge in [0.2, 0.25) is 0 Å². The molecule has 3 nitrogen and oxygen atoms in total. The lowest BCUT2D eigenvalue weighted by molar-refractivity contribution is 0.00343. The van der Waals surface area contributed by atoms with Crippen molar-refractivity contribution in [3.8, 4) is 0 Å². The smallest absolute Gasteiger partial charge is 0.261 e. The van der Waals surface area contributed by atoms with Gasteiger partial charge in [-0.3, -0.25) is 0 Å². The van der Waals surface area contributed by atoms with Crippen molar-refractivity contribution in [2.24, 2.45) is 11.3 Å². The number of rotatable bonds is 7. The molecule has 0 bridgehead atoms. The molecular formula is C29H44O3Si2. The Bertz CT molecular complexity index is 905. The van der Waals surface area contributed by atoms with Gasteiger partial charge in [0.05, 0.1) is 18.3 Å². The zero-order valence-corrected chi connectivity index (χ0v) is 24.5. The van der Waals surface area contributed by atoms with E-state index in [0.29, 0.717) is 6.42 Å². The van der Waals surface area contributed by atoms with Gasteiger partial charge in [-0.1, -0.05) is 109 Å². The Hall–Kier alpha value is -1.51. The Morgan fingerprint density at radius 3 is 1.76 bits per heavy atom. The van der Waals surface area contributed by atoms with E-state index >= 15 is 0 Å².